The molecule has 0 saturated carbocycles. The van der Waals surface area contributed by atoms with E-state index in [9.17, 15) is 8.42 Å². The lowest BCUT2D eigenvalue weighted by molar-refractivity contribution is -0.901. The van der Waals surface area contributed by atoms with Crippen molar-refractivity contribution in [1.82, 2.24) is 4.31 Å². The van der Waals surface area contributed by atoms with Gasteiger partial charge in [0.2, 0.25) is 10.0 Å². The fourth-order valence-corrected chi connectivity index (χ4v) is 5.73. The average Bonchev–Trinajstić information content (AvgIpc) is 3.27. The number of likely N-dealkylation sites (tertiary alicyclic amines) is 1. The van der Waals surface area contributed by atoms with Gasteiger partial charge in [-0.25, -0.2) is 13.4 Å². The van der Waals surface area contributed by atoms with Gasteiger partial charge in [0.15, 0.2) is 0 Å². The first-order chi connectivity index (χ1) is 14.1. The minimum absolute atomic E-state index is 0.332. The molecular weight excluding hydrogens is 384 g/mol. The van der Waals surface area contributed by atoms with Crippen molar-refractivity contribution in [3.05, 3.63) is 53.7 Å². The smallest absolute Gasteiger partial charge is 0.272 e. The molecule has 0 aliphatic carbocycles. The van der Waals surface area contributed by atoms with E-state index in [0.717, 1.165) is 31.6 Å². The first kappa shape index (κ1) is 20.3. The van der Waals surface area contributed by atoms with Crippen molar-refractivity contribution in [2.75, 3.05) is 31.5 Å². The highest BCUT2D eigenvalue weighted by molar-refractivity contribution is 7.89. The molecule has 0 atom stereocenters. The van der Waals surface area contributed by atoms with Crippen LogP contribution in [-0.4, -0.2) is 38.9 Å². The van der Waals surface area contributed by atoms with Crippen molar-refractivity contribution in [3.8, 4) is 0 Å². The summed E-state index contributed by atoms with van der Waals surface area (Å²) >= 11 is 0. The van der Waals surface area contributed by atoms with Gasteiger partial charge in [0.1, 0.15) is 24.2 Å². The Hall–Kier alpha value is -1.96. The SMILES string of the molecule is O=S(=O)(c1ccc(NCc2ccc(C[NH+]3CCCC3)cc2)[nH+]c1)N1CCCCC1. The van der Waals surface area contributed by atoms with Gasteiger partial charge in [-0.2, -0.15) is 4.31 Å². The van der Waals surface area contributed by atoms with Crippen molar-refractivity contribution in [1.29, 1.82) is 0 Å². The summed E-state index contributed by atoms with van der Waals surface area (Å²) in [4.78, 5) is 5.11. The minimum atomic E-state index is -3.39. The fraction of sp³-hybridized carbons (Fsp3) is 0.500. The van der Waals surface area contributed by atoms with Gasteiger partial charge in [-0.1, -0.05) is 30.7 Å². The molecule has 1 aromatic heterocycles. The first-order valence-electron chi connectivity index (χ1n) is 10.8. The van der Waals surface area contributed by atoms with Crippen LogP contribution in [0.5, 0.6) is 0 Å². The average molecular weight is 417 g/mol. The second-order valence-corrected chi connectivity index (χ2v) is 10.1. The van der Waals surface area contributed by atoms with E-state index in [-0.39, 0.29) is 0 Å². The summed E-state index contributed by atoms with van der Waals surface area (Å²) in [6, 6.07) is 12.3. The molecular formula is C22H32N4O2S+2. The van der Waals surface area contributed by atoms with Crippen LogP contribution in [0.2, 0.25) is 0 Å². The summed E-state index contributed by atoms with van der Waals surface area (Å²) in [5, 5.41) is 3.34. The second-order valence-electron chi connectivity index (χ2n) is 8.21. The molecule has 0 bridgehead atoms. The van der Waals surface area contributed by atoms with Crippen LogP contribution in [-0.2, 0) is 23.1 Å². The standard InChI is InChI=1S/C22H30N4O2S/c27-29(28,26-14-2-1-3-15-26)21-10-11-22(24-17-21)23-16-19-6-8-20(9-7-19)18-25-12-4-5-13-25/h6-11,17H,1-5,12-16,18H2,(H,23,24)/p+2. The Labute approximate surface area is 174 Å². The number of aromatic amines is 1. The lowest BCUT2D eigenvalue weighted by Gasteiger charge is -2.25. The largest absolute Gasteiger partial charge is 0.331 e. The molecule has 2 fully saturated rings. The lowest BCUT2D eigenvalue weighted by atomic mass is 10.1. The molecule has 7 heteroatoms. The molecule has 0 amide bonds. The number of H-pyrrole nitrogens is 1. The summed E-state index contributed by atoms with van der Waals surface area (Å²) < 4.78 is 27.0. The Morgan fingerprint density at radius 1 is 0.897 bits per heavy atom. The van der Waals surface area contributed by atoms with Crippen molar-refractivity contribution in [2.45, 2.75) is 50.1 Å². The minimum Gasteiger partial charge on any atom is -0.331 e. The third kappa shape index (κ3) is 5.15. The zero-order valence-corrected chi connectivity index (χ0v) is 17.8. The van der Waals surface area contributed by atoms with Crippen LogP contribution in [0.15, 0.2) is 47.5 Å². The van der Waals surface area contributed by atoms with Crippen molar-refractivity contribution < 1.29 is 18.3 Å². The molecule has 3 N–H and O–H groups in total. The number of piperidine rings is 1. The van der Waals surface area contributed by atoms with Crippen LogP contribution < -0.4 is 15.2 Å². The summed E-state index contributed by atoms with van der Waals surface area (Å²) in [5.41, 5.74) is 2.60. The molecule has 2 aliphatic rings. The second kappa shape index (κ2) is 9.24. The monoisotopic (exact) mass is 416 g/mol. The van der Waals surface area contributed by atoms with Crippen LogP contribution in [0.25, 0.3) is 0 Å². The number of rotatable bonds is 7. The first-order valence-corrected chi connectivity index (χ1v) is 12.2. The van der Waals surface area contributed by atoms with Gasteiger partial charge < -0.3 is 4.90 Å². The van der Waals surface area contributed by atoms with E-state index >= 15 is 0 Å². The van der Waals surface area contributed by atoms with Crippen molar-refractivity contribution in [3.63, 3.8) is 0 Å². The van der Waals surface area contributed by atoms with Crippen LogP contribution in [0, 0.1) is 0 Å². The maximum absolute atomic E-state index is 12.7. The predicted octanol–water partition coefficient (Wildman–Crippen LogP) is 1.47. The maximum atomic E-state index is 12.7. The number of nitrogens with zero attached hydrogens (tertiary/aromatic N) is 1. The van der Waals surface area contributed by atoms with Gasteiger partial charge in [0.05, 0.1) is 13.1 Å². The molecule has 6 nitrogen and oxygen atoms in total. The van der Waals surface area contributed by atoms with Gasteiger partial charge >= 0.3 is 0 Å². The zero-order chi connectivity index (χ0) is 20.1. The molecule has 1 aromatic carbocycles. The van der Waals surface area contributed by atoms with E-state index in [2.05, 4.69) is 34.6 Å². The van der Waals surface area contributed by atoms with E-state index in [4.69, 9.17) is 0 Å². The molecule has 3 heterocycles. The molecule has 0 radical (unpaired) electrons. The number of hydrogen-bond donors (Lipinski definition) is 2. The topological polar surface area (TPSA) is 68.0 Å². The van der Waals surface area contributed by atoms with Gasteiger partial charge in [-0.15, -0.1) is 0 Å². The Bertz CT molecular complexity index is 885. The Kier molecular flexibility index (Phi) is 6.47. The molecule has 0 spiro atoms. The number of hydrogen-bond acceptors (Lipinski definition) is 3. The Balaban J connectivity index is 1.32. The highest BCUT2D eigenvalue weighted by Gasteiger charge is 2.26. The number of anilines is 1. The Morgan fingerprint density at radius 2 is 1.59 bits per heavy atom. The summed E-state index contributed by atoms with van der Waals surface area (Å²) in [7, 11) is -3.39. The number of benzene rings is 1. The third-order valence-corrected chi connectivity index (χ3v) is 7.90. The van der Waals surface area contributed by atoms with E-state index in [1.165, 1.54) is 37.1 Å². The van der Waals surface area contributed by atoms with Crippen LogP contribution in [0.3, 0.4) is 0 Å². The normalized spacial score (nSPS) is 18.8. The number of aromatic nitrogens is 1. The van der Waals surface area contributed by atoms with Crippen LogP contribution >= 0.6 is 0 Å². The highest BCUT2D eigenvalue weighted by atomic mass is 32.2. The van der Waals surface area contributed by atoms with E-state index < -0.39 is 10.0 Å². The molecule has 2 saturated heterocycles. The number of nitrogens with one attached hydrogen (secondary N) is 3. The lowest BCUT2D eigenvalue weighted by Crippen LogP contribution is -3.08. The predicted molar refractivity (Wildman–Crippen MR) is 113 cm³/mol. The van der Waals surface area contributed by atoms with Gasteiger partial charge in [0, 0.05) is 37.6 Å². The van der Waals surface area contributed by atoms with E-state index in [0.29, 0.717) is 24.5 Å². The molecule has 4 rings (SSSR count). The summed E-state index contributed by atoms with van der Waals surface area (Å²) in [5.74, 6) is 0.813. The van der Waals surface area contributed by atoms with Gasteiger partial charge in [-0.05, 0) is 24.5 Å². The van der Waals surface area contributed by atoms with E-state index in [1.807, 2.05) is 6.07 Å². The van der Waals surface area contributed by atoms with Crippen molar-refractivity contribution in [2.24, 2.45) is 0 Å². The molecule has 156 valence electrons. The molecule has 2 aromatic rings. The maximum Gasteiger partial charge on any atom is 0.272 e. The summed E-state index contributed by atoms with van der Waals surface area (Å²) in [6.07, 6.45) is 7.30. The number of quaternary nitrogens is 1. The van der Waals surface area contributed by atoms with Crippen molar-refractivity contribution >= 4 is 15.8 Å². The highest BCUT2D eigenvalue weighted by Crippen LogP contribution is 2.19. The number of sulfonamides is 1. The fourth-order valence-electron chi connectivity index (χ4n) is 4.25. The molecule has 29 heavy (non-hydrogen) atoms. The molecule has 0 unspecified atom stereocenters. The quantitative estimate of drug-likeness (QED) is 0.718. The zero-order valence-electron chi connectivity index (χ0n) is 17.0. The van der Waals surface area contributed by atoms with Crippen LogP contribution in [0.1, 0.15) is 43.2 Å². The van der Waals surface area contributed by atoms with E-state index in [1.54, 1.807) is 21.5 Å². The third-order valence-electron chi connectivity index (χ3n) is 6.01. The van der Waals surface area contributed by atoms with Gasteiger partial charge in [0.25, 0.3) is 5.82 Å². The van der Waals surface area contributed by atoms with Crippen LogP contribution in [0.4, 0.5) is 5.82 Å². The summed E-state index contributed by atoms with van der Waals surface area (Å²) in [6.45, 7) is 5.65. The number of pyridine rings is 1. The van der Waals surface area contributed by atoms with Gasteiger partial charge in [-0.3, -0.25) is 5.32 Å². The molecule has 2 aliphatic heterocycles. The Morgan fingerprint density at radius 3 is 2.24 bits per heavy atom.